The van der Waals surface area contributed by atoms with Crippen LogP contribution in [0.25, 0.3) is 0 Å². The van der Waals surface area contributed by atoms with E-state index in [0.717, 1.165) is 12.8 Å². The molecule has 1 heterocycles. The number of hydrogen-bond acceptors (Lipinski definition) is 4. The van der Waals surface area contributed by atoms with Gasteiger partial charge < -0.3 is 15.7 Å². The highest BCUT2D eigenvalue weighted by molar-refractivity contribution is 7.99. The van der Waals surface area contributed by atoms with Gasteiger partial charge in [-0.25, -0.2) is 4.79 Å². The van der Waals surface area contributed by atoms with Crippen LogP contribution < -0.4 is 10.6 Å². The number of amides is 2. The number of hydrogen-bond donors (Lipinski definition) is 3. The number of rotatable bonds is 5. The molecule has 0 unspecified atom stereocenters. The topological polar surface area (TPSA) is 95.5 Å². The Kier molecular flexibility index (Phi) is 4.80. The fraction of sp³-hybridized carbons (Fsp3) is 0.471. The molecule has 1 saturated carbocycles. The molecule has 128 valence electrons. The lowest BCUT2D eigenvalue weighted by molar-refractivity contribution is -0.144. The van der Waals surface area contributed by atoms with Crippen LogP contribution in [-0.2, 0) is 4.79 Å². The first kappa shape index (κ1) is 16.8. The highest BCUT2D eigenvalue weighted by Crippen LogP contribution is 2.28. The summed E-state index contributed by atoms with van der Waals surface area (Å²) in [5, 5.41) is 15.1. The number of nitrogens with one attached hydrogen (secondary N) is 2. The number of aliphatic carboxylic acids is 1. The number of carboxylic acid groups (broad SMARTS) is 1. The van der Waals surface area contributed by atoms with E-state index in [-0.39, 0.29) is 11.9 Å². The summed E-state index contributed by atoms with van der Waals surface area (Å²) in [6.45, 7) is 0. The molecule has 2 amide bonds. The van der Waals surface area contributed by atoms with Crippen molar-refractivity contribution in [1.29, 1.82) is 0 Å². The number of carbonyl (C=O) groups excluding carboxylic acids is 2. The highest BCUT2D eigenvalue weighted by Gasteiger charge is 2.41. The lowest BCUT2D eigenvalue weighted by atomic mass is 9.91. The average molecular weight is 348 g/mol. The molecule has 1 aromatic rings. The third-order valence-electron chi connectivity index (χ3n) is 4.43. The maximum atomic E-state index is 12.4. The number of thioether (sulfide) groups is 1. The third-order valence-corrected chi connectivity index (χ3v) is 5.42. The maximum Gasteiger partial charge on any atom is 0.329 e. The Bertz CT molecular complexity index is 649. The minimum Gasteiger partial charge on any atom is -0.480 e. The van der Waals surface area contributed by atoms with E-state index in [1.807, 2.05) is 0 Å². The molecule has 0 atom stereocenters. The van der Waals surface area contributed by atoms with Gasteiger partial charge in [-0.2, -0.15) is 11.8 Å². The van der Waals surface area contributed by atoms with E-state index in [9.17, 15) is 19.5 Å². The zero-order valence-electron chi connectivity index (χ0n) is 13.2. The summed E-state index contributed by atoms with van der Waals surface area (Å²) in [7, 11) is 0. The molecule has 1 aliphatic carbocycles. The molecule has 1 aromatic carbocycles. The van der Waals surface area contributed by atoms with Gasteiger partial charge in [0.05, 0.1) is 0 Å². The van der Waals surface area contributed by atoms with Crippen molar-refractivity contribution >= 4 is 29.5 Å². The van der Waals surface area contributed by atoms with Crippen LogP contribution in [0.5, 0.6) is 0 Å². The molecule has 1 saturated heterocycles. The number of benzene rings is 1. The van der Waals surface area contributed by atoms with Gasteiger partial charge in [0.15, 0.2) is 0 Å². The Morgan fingerprint density at radius 3 is 2.04 bits per heavy atom. The Balaban J connectivity index is 1.67. The van der Waals surface area contributed by atoms with Crippen LogP contribution in [0.15, 0.2) is 24.3 Å². The molecule has 24 heavy (non-hydrogen) atoms. The van der Waals surface area contributed by atoms with E-state index in [0.29, 0.717) is 35.5 Å². The Morgan fingerprint density at radius 2 is 1.54 bits per heavy atom. The Morgan fingerprint density at radius 1 is 1.00 bits per heavy atom. The molecule has 0 bridgehead atoms. The second kappa shape index (κ2) is 6.84. The van der Waals surface area contributed by atoms with Crippen molar-refractivity contribution in [1.82, 2.24) is 10.6 Å². The normalized spacial score (nSPS) is 19.3. The predicted molar refractivity (Wildman–Crippen MR) is 91.3 cm³/mol. The SMILES string of the molecule is O=C(NC1CC1)c1ccc(C(=O)NC2(C(=O)O)CCSCC2)cc1. The number of carboxylic acids is 1. The number of carbonyl (C=O) groups is 3. The summed E-state index contributed by atoms with van der Waals surface area (Å²) in [5.74, 6) is -0.120. The minimum atomic E-state index is -1.19. The smallest absolute Gasteiger partial charge is 0.329 e. The molecule has 0 aromatic heterocycles. The fourth-order valence-electron chi connectivity index (χ4n) is 2.67. The second-order valence-corrected chi connectivity index (χ2v) is 7.50. The highest BCUT2D eigenvalue weighted by atomic mass is 32.2. The minimum absolute atomic E-state index is 0.143. The zero-order chi connectivity index (χ0) is 17.2. The zero-order valence-corrected chi connectivity index (χ0v) is 14.0. The lowest BCUT2D eigenvalue weighted by Gasteiger charge is -2.33. The van der Waals surface area contributed by atoms with E-state index in [1.54, 1.807) is 36.0 Å². The maximum absolute atomic E-state index is 12.4. The van der Waals surface area contributed by atoms with Gasteiger partial charge in [0.25, 0.3) is 11.8 Å². The lowest BCUT2D eigenvalue weighted by Crippen LogP contribution is -2.56. The standard InChI is InChI=1S/C17H20N2O4S/c20-14(18-13-5-6-13)11-1-3-12(4-2-11)15(21)19-17(16(22)23)7-9-24-10-8-17/h1-4,13H,5-10H2,(H,18,20)(H,19,21)(H,22,23). The molecular weight excluding hydrogens is 328 g/mol. The van der Waals surface area contributed by atoms with Gasteiger partial charge in [-0.05, 0) is 61.5 Å². The Hall–Kier alpha value is -2.02. The molecule has 0 radical (unpaired) electrons. The van der Waals surface area contributed by atoms with Crippen LogP contribution in [0.2, 0.25) is 0 Å². The summed E-state index contributed by atoms with van der Waals surface area (Å²) in [6, 6.07) is 6.59. The van der Waals surface area contributed by atoms with Crippen molar-refractivity contribution in [2.24, 2.45) is 0 Å². The van der Waals surface area contributed by atoms with Gasteiger partial charge in [0.2, 0.25) is 0 Å². The Labute approximate surface area is 144 Å². The van der Waals surface area contributed by atoms with Crippen molar-refractivity contribution in [2.45, 2.75) is 37.3 Å². The van der Waals surface area contributed by atoms with Crippen LogP contribution >= 0.6 is 11.8 Å². The summed E-state index contributed by atoms with van der Waals surface area (Å²) in [6.07, 6.45) is 2.87. The van der Waals surface area contributed by atoms with Crippen molar-refractivity contribution in [2.75, 3.05) is 11.5 Å². The van der Waals surface area contributed by atoms with Gasteiger partial charge in [0.1, 0.15) is 5.54 Å². The van der Waals surface area contributed by atoms with E-state index in [1.165, 1.54) is 0 Å². The molecule has 6 nitrogen and oxygen atoms in total. The van der Waals surface area contributed by atoms with Crippen molar-refractivity contribution in [3.05, 3.63) is 35.4 Å². The molecule has 1 aliphatic heterocycles. The monoisotopic (exact) mass is 348 g/mol. The van der Waals surface area contributed by atoms with Crippen LogP contribution in [0, 0.1) is 0 Å². The summed E-state index contributed by atoms with van der Waals surface area (Å²) in [5.41, 5.74) is -0.332. The first-order chi connectivity index (χ1) is 11.5. The van der Waals surface area contributed by atoms with Gasteiger partial charge >= 0.3 is 5.97 Å². The molecule has 7 heteroatoms. The third kappa shape index (κ3) is 3.72. The second-order valence-electron chi connectivity index (χ2n) is 6.28. The average Bonchev–Trinajstić information content (AvgIpc) is 3.39. The van der Waals surface area contributed by atoms with E-state index in [2.05, 4.69) is 10.6 Å². The first-order valence-electron chi connectivity index (χ1n) is 8.05. The van der Waals surface area contributed by atoms with Crippen LogP contribution in [-0.4, -0.2) is 46.0 Å². The van der Waals surface area contributed by atoms with Gasteiger partial charge in [-0.15, -0.1) is 0 Å². The van der Waals surface area contributed by atoms with Crippen molar-refractivity contribution in [3.63, 3.8) is 0 Å². The van der Waals surface area contributed by atoms with Crippen LogP contribution in [0.3, 0.4) is 0 Å². The summed E-state index contributed by atoms with van der Waals surface area (Å²) >= 11 is 1.69. The molecule has 2 fully saturated rings. The van der Waals surface area contributed by atoms with E-state index in [4.69, 9.17) is 0 Å². The fourth-order valence-corrected chi connectivity index (χ4v) is 3.86. The van der Waals surface area contributed by atoms with Gasteiger partial charge in [-0.3, -0.25) is 9.59 Å². The summed E-state index contributed by atoms with van der Waals surface area (Å²) < 4.78 is 0. The predicted octanol–water partition coefficient (Wildman–Crippen LogP) is 1.66. The largest absolute Gasteiger partial charge is 0.480 e. The molecule has 2 aliphatic rings. The van der Waals surface area contributed by atoms with Crippen LogP contribution in [0.4, 0.5) is 0 Å². The molecular formula is C17H20N2O4S. The van der Waals surface area contributed by atoms with Crippen LogP contribution in [0.1, 0.15) is 46.4 Å². The van der Waals surface area contributed by atoms with E-state index >= 15 is 0 Å². The molecule has 3 N–H and O–H groups in total. The molecule has 3 rings (SSSR count). The first-order valence-corrected chi connectivity index (χ1v) is 9.20. The quantitative estimate of drug-likeness (QED) is 0.752. The molecule has 0 spiro atoms. The van der Waals surface area contributed by atoms with Gasteiger partial charge in [0, 0.05) is 17.2 Å². The van der Waals surface area contributed by atoms with Gasteiger partial charge in [-0.1, -0.05) is 0 Å². The van der Waals surface area contributed by atoms with Crippen molar-refractivity contribution < 1.29 is 19.5 Å². The van der Waals surface area contributed by atoms with E-state index < -0.39 is 17.4 Å². The van der Waals surface area contributed by atoms with Crippen molar-refractivity contribution in [3.8, 4) is 0 Å². The summed E-state index contributed by atoms with van der Waals surface area (Å²) in [4.78, 5) is 36.0.